The first kappa shape index (κ1) is 13.9. The molecule has 5 nitrogen and oxygen atoms in total. The zero-order chi connectivity index (χ0) is 14.0. The van der Waals surface area contributed by atoms with E-state index >= 15 is 0 Å². The Morgan fingerprint density at radius 3 is 2.95 bits per heavy atom. The van der Waals surface area contributed by atoms with Crippen molar-refractivity contribution >= 4 is 40.9 Å². The first-order valence-electron chi connectivity index (χ1n) is 5.82. The van der Waals surface area contributed by atoms with Crippen LogP contribution >= 0.6 is 23.8 Å². The molecule has 102 valence electrons. The van der Waals surface area contributed by atoms with Crippen molar-refractivity contribution in [2.75, 3.05) is 20.6 Å². The van der Waals surface area contributed by atoms with Crippen LogP contribution in [0.25, 0.3) is 11.0 Å². The first-order valence-corrected chi connectivity index (χ1v) is 6.61. The monoisotopic (exact) mass is 298 g/mol. The van der Waals surface area contributed by atoms with Crippen molar-refractivity contribution in [2.45, 2.75) is 6.54 Å². The molecule has 7 heteroatoms. The average molecular weight is 299 g/mol. The van der Waals surface area contributed by atoms with Gasteiger partial charge in [0.15, 0.2) is 4.77 Å². The van der Waals surface area contributed by atoms with Gasteiger partial charge in [0.1, 0.15) is 0 Å². The van der Waals surface area contributed by atoms with E-state index in [4.69, 9.17) is 23.8 Å². The van der Waals surface area contributed by atoms with Gasteiger partial charge in [-0.3, -0.25) is 0 Å². The van der Waals surface area contributed by atoms with E-state index in [1.54, 1.807) is 14.1 Å². The highest BCUT2D eigenvalue weighted by molar-refractivity contribution is 7.71. The molecular formula is C12H15ClN4OS. The lowest BCUT2D eigenvalue weighted by atomic mass is 10.3. The Morgan fingerprint density at radius 2 is 2.26 bits per heavy atom. The summed E-state index contributed by atoms with van der Waals surface area (Å²) in [6, 6.07) is 5.45. The van der Waals surface area contributed by atoms with E-state index < -0.39 is 0 Å². The van der Waals surface area contributed by atoms with Crippen LogP contribution in [-0.4, -0.2) is 41.1 Å². The van der Waals surface area contributed by atoms with Crippen molar-refractivity contribution in [1.29, 1.82) is 0 Å². The van der Waals surface area contributed by atoms with Crippen molar-refractivity contribution in [1.82, 2.24) is 19.8 Å². The number of aromatic amines is 1. The summed E-state index contributed by atoms with van der Waals surface area (Å²) >= 11 is 11.2. The maximum absolute atomic E-state index is 11.4. The molecular weight excluding hydrogens is 284 g/mol. The third-order valence-electron chi connectivity index (χ3n) is 2.75. The predicted octanol–water partition coefficient (Wildman–Crippen LogP) is 2.62. The molecule has 0 saturated heterocycles. The van der Waals surface area contributed by atoms with Crippen LogP contribution in [0.2, 0.25) is 5.02 Å². The van der Waals surface area contributed by atoms with Crippen molar-refractivity contribution in [3.05, 3.63) is 28.0 Å². The second-order valence-corrected chi connectivity index (χ2v) is 5.19. The highest BCUT2D eigenvalue weighted by Crippen LogP contribution is 2.18. The summed E-state index contributed by atoms with van der Waals surface area (Å²) < 4.78 is 2.56. The van der Waals surface area contributed by atoms with Gasteiger partial charge in [-0.2, -0.15) is 0 Å². The highest BCUT2D eigenvalue weighted by atomic mass is 35.5. The summed E-state index contributed by atoms with van der Waals surface area (Å²) in [6.45, 7) is 1.13. The SMILES string of the molecule is CN(C)C(=O)NCCn1c(=S)[nH]c2cc(Cl)ccc21. The van der Waals surface area contributed by atoms with Gasteiger partial charge in [0.2, 0.25) is 0 Å². The van der Waals surface area contributed by atoms with E-state index in [1.807, 2.05) is 22.8 Å². The Hall–Kier alpha value is -1.53. The third kappa shape index (κ3) is 3.08. The zero-order valence-corrected chi connectivity index (χ0v) is 12.3. The number of hydrogen-bond acceptors (Lipinski definition) is 2. The minimum atomic E-state index is -0.116. The number of nitrogens with one attached hydrogen (secondary N) is 2. The Balaban J connectivity index is 2.15. The van der Waals surface area contributed by atoms with Crippen molar-refractivity contribution in [2.24, 2.45) is 0 Å². The lowest BCUT2D eigenvalue weighted by Crippen LogP contribution is -2.36. The van der Waals surface area contributed by atoms with E-state index in [-0.39, 0.29) is 6.03 Å². The number of imidazole rings is 1. The van der Waals surface area contributed by atoms with Crippen LogP contribution in [0.4, 0.5) is 4.79 Å². The molecule has 1 heterocycles. The summed E-state index contributed by atoms with van der Waals surface area (Å²) in [5.74, 6) is 0. The number of fused-ring (bicyclic) bond motifs is 1. The molecule has 0 aliphatic rings. The summed E-state index contributed by atoms with van der Waals surface area (Å²) in [5, 5.41) is 3.47. The maximum Gasteiger partial charge on any atom is 0.316 e. The Kier molecular flexibility index (Phi) is 4.11. The van der Waals surface area contributed by atoms with Crippen molar-refractivity contribution in [3.63, 3.8) is 0 Å². The first-order chi connectivity index (χ1) is 8.99. The van der Waals surface area contributed by atoms with Gasteiger partial charge in [0.25, 0.3) is 0 Å². The molecule has 0 fully saturated rings. The Labute approximate surface area is 121 Å². The number of H-pyrrole nitrogens is 1. The molecule has 1 aromatic carbocycles. The van der Waals surface area contributed by atoms with Crippen LogP contribution < -0.4 is 5.32 Å². The van der Waals surface area contributed by atoms with E-state index in [9.17, 15) is 4.79 Å². The normalized spacial score (nSPS) is 10.7. The fraction of sp³-hybridized carbons (Fsp3) is 0.333. The molecule has 0 spiro atoms. The molecule has 2 N–H and O–H groups in total. The van der Waals surface area contributed by atoms with Crippen LogP contribution in [0, 0.1) is 4.77 Å². The molecule has 0 aliphatic carbocycles. The third-order valence-corrected chi connectivity index (χ3v) is 3.31. The molecule has 0 aliphatic heterocycles. The number of amides is 2. The summed E-state index contributed by atoms with van der Waals surface area (Å²) in [4.78, 5) is 16.0. The molecule has 2 rings (SSSR count). The van der Waals surface area contributed by atoms with Crippen LogP contribution in [0.3, 0.4) is 0 Å². The van der Waals surface area contributed by atoms with Crippen LogP contribution in [0.15, 0.2) is 18.2 Å². The van der Waals surface area contributed by atoms with Gasteiger partial charge in [0, 0.05) is 32.2 Å². The molecule has 0 saturated carbocycles. The molecule has 2 aromatic rings. The van der Waals surface area contributed by atoms with E-state index in [2.05, 4.69) is 10.3 Å². The minimum absolute atomic E-state index is 0.116. The van der Waals surface area contributed by atoms with Gasteiger partial charge < -0.3 is 19.8 Å². The molecule has 0 bridgehead atoms. The van der Waals surface area contributed by atoms with Gasteiger partial charge in [0.05, 0.1) is 11.0 Å². The maximum atomic E-state index is 11.4. The number of benzene rings is 1. The second-order valence-electron chi connectivity index (χ2n) is 4.37. The van der Waals surface area contributed by atoms with E-state index in [1.165, 1.54) is 4.90 Å². The number of halogens is 1. The summed E-state index contributed by atoms with van der Waals surface area (Å²) in [6.07, 6.45) is 0. The highest BCUT2D eigenvalue weighted by Gasteiger charge is 2.06. The summed E-state index contributed by atoms with van der Waals surface area (Å²) in [5.41, 5.74) is 1.88. The fourth-order valence-electron chi connectivity index (χ4n) is 1.79. The Bertz CT molecular complexity index is 661. The number of carbonyl (C=O) groups excluding carboxylic acids is 1. The number of hydrogen-bond donors (Lipinski definition) is 2. The minimum Gasteiger partial charge on any atom is -0.336 e. The van der Waals surface area contributed by atoms with Crippen LogP contribution in [0.1, 0.15) is 0 Å². The van der Waals surface area contributed by atoms with E-state index in [0.717, 1.165) is 11.0 Å². The molecule has 0 radical (unpaired) electrons. The number of urea groups is 1. The molecule has 2 amide bonds. The largest absolute Gasteiger partial charge is 0.336 e. The van der Waals surface area contributed by atoms with Crippen LogP contribution in [0.5, 0.6) is 0 Å². The molecule has 19 heavy (non-hydrogen) atoms. The quantitative estimate of drug-likeness (QED) is 0.856. The van der Waals surface area contributed by atoms with Gasteiger partial charge in [-0.05, 0) is 30.4 Å². The van der Waals surface area contributed by atoms with Gasteiger partial charge >= 0.3 is 6.03 Å². The lowest BCUT2D eigenvalue weighted by molar-refractivity contribution is 0.217. The smallest absolute Gasteiger partial charge is 0.316 e. The topological polar surface area (TPSA) is 53.1 Å². The van der Waals surface area contributed by atoms with Gasteiger partial charge in [-0.1, -0.05) is 11.6 Å². The fourth-order valence-corrected chi connectivity index (χ4v) is 2.26. The molecule has 0 unspecified atom stereocenters. The lowest BCUT2D eigenvalue weighted by Gasteiger charge is -2.12. The van der Waals surface area contributed by atoms with E-state index in [0.29, 0.717) is 22.9 Å². The van der Waals surface area contributed by atoms with Gasteiger partial charge in [-0.25, -0.2) is 4.79 Å². The average Bonchev–Trinajstić information content (AvgIpc) is 2.64. The van der Waals surface area contributed by atoms with Crippen LogP contribution in [-0.2, 0) is 6.54 Å². The second kappa shape index (κ2) is 5.63. The molecule has 0 atom stereocenters. The van der Waals surface area contributed by atoms with Gasteiger partial charge in [-0.15, -0.1) is 0 Å². The number of nitrogens with zero attached hydrogens (tertiary/aromatic N) is 2. The number of carbonyl (C=O) groups is 1. The zero-order valence-electron chi connectivity index (χ0n) is 10.7. The van der Waals surface area contributed by atoms with Crippen molar-refractivity contribution in [3.8, 4) is 0 Å². The number of aromatic nitrogens is 2. The number of rotatable bonds is 3. The molecule has 1 aromatic heterocycles. The Morgan fingerprint density at radius 1 is 1.53 bits per heavy atom. The standard InChI is InChI=1S/C12H15ClN4OS/c1-16(2)11(18)14-5-6-17-10-4-3-8(13)7-9(10)15-12(17)19/h3-4,7H,5-6H2,1-2H3,(H,14,18)(H,15,19). The van der Waals surface area contributed by atoms with Crippen molar-refractivity contribution < 1.29 is 4.79 Å². The summed E-state index contributed by atoms with van der Waals surface area (Å²) in [7, 11) is 3.41. The predicted molar refractivity (Wildman–Crippen MR) is 79.2 cm³/mol.